The average Bonchev–Trinajstić information content (AvgIpc) is 2.35. The van der Waals surface area contributed by atoms with Crippen molar-refractivity contribution in [1.29, 1.82) is 0 Å². The van der Waals surface area contributed by atoms with Gasteiger partial charge in [-0.05, 0) is 6.07 Å². The molecular formula is C10H11NO6S. The van der Waals surface area contributed by atoms with Crippen molar-refractivity contribution < 1.29 is 25.0 Å². The predicted molar refractivity (Wildman–Crippen MR) is 64.9 cm³/mol. The minimum atomic E-state index is -1.55. The lowest BCUT2D eigenvalue weighted by molar-refractivity contribution is -0.385. The number of nitrogens with zero attached hydrogens (tertiary/aromatic N) is 1. The molecule has 0 amide bonds. The lowest BCUT2D eigenvalue weighted by Crippen LogP contribution is -2.22. The molecule has 0 saturated carbocycles. The number of non-ortho nitro benzene ring substituents is 1. The van der Waals surface area contributed by atoms with E-state index in [0.717, 1.165) is 18.2 Å². The summed E-state index contributed by atoms with van der Waals surface area (Å²) in [5.41, 5.74) is -0.868. The molecule has 0 aliphatic rings. The van der Waals surface area contributed by atoms with Gasteiger partial charge in [0.15, 0.2) is 0 Å². The van der Waals surface area contributed by atoms with Crippen LogP contribution in [0.2, 0.25) is 0 Å². The van der Waals surface area contributed by atoms with E-state index in [2.05, 4.69) is 12.6 Å². The maximum absolute atomic E-state index is 10.9. The molecule has 0 spiro atoms. The maximum Gasteiger partial charge on any atom is 0.336 e. The van der Waals surface area contributed by atoms with Crippen LogP contribution in [-0.4, -0.2) is 38.1 Å². The number of carboxylic acid groups (broad SMARTS) is 1. The van der Waals surface area contributed by atoms with Crippen molar-refractivity contribution in [3.63, 3.8) is 0 Å². The fourth-order valence-corrected chi connectivity index (χ4v) is 1.61. The molecular weight excluding hydrogens is 262 g/mol. The zero-order chi connectivity index (χ0) is 13.9. The van der Waals surface area contributed by atoms with Gasteiger partial charge in [0.2, 0.25) is 0 Å². The molecule has 2 atom stereocenters. The Balaban J connectivity index is 3.31. The van der Waals surface area contributed by atoms with Gasteiger partial charge < -0.3 is 15.3 Å². The lowest BCUT2D eigenvalue weighted by atomic mass is 9.98. The van der Waals surface area contributed by atoms with E-state index in [9.17, 15) is 25.1 Å². The van der Waals surface area contributed by atoms with Gasteiger partial charge in [-0.15, -0.1) is 0 Å². The van der Waals surface area contributed by atoms with Crippen molar-refractivity contribution in [1.82, 2.24) is 0 Å². The Labute approximate surface area is 107 Å². The lowest BCUT2D eigenvalue weighted by Gasteiger charge is -2.17. The highest BCUT2D eigenvalue weighted by Gasteiger charge is 2.25. The van der Waals surface area contributed by atoms with Crippen LogP contribution in [0, 0.1) is 10.1 Å². The monoisotopic (exact) mass is 273 g/mol. The van der Waals surface area contributed by atoms with Crippen LogP contribution in [-0.2, 0) is 0 Å². The van der Waals surface area contributed by atoms with E-state index >= 15 is 0 Å². The first kappa shape index (κ1) is 14.4. The van der Waals surface area contributed by atoms with Gasteiger partial charge in [0.05, 0.1) is 16.6 Å². The summed E-state index contributed by atoms with van der Waals surface area (Å²) in [4.78, 5) is 20.8. The van der Waals surface area contributed by atoms with Gasteiger partial charge in [-0.1, -0.05) is 0 Å². The fraction of sp³-hybridized carbons (Fsp3) is 0.300. The predicted octanol–water partition coefficient (Wildman–Crippen LogP) is 0.617. The number of rotatable bonds is 5. The number of nitro benzene ring substituents is 1. The first-order chi connectivity index (χ1) is 8.38. The highest BCUT2D eigenvalue weighted by molar-refractivity contribution is 7.80. The van der Waals surface area contributed by atoms with E-state index in [1.807, 2.05) is 0 Å². The summed E-state index contributed by atoms with van der Waals surface area (Å²) >= 11 is 3.77. The Morgan fingerprint density at radius 2 is 2.06 bits per heavy atom. The summed E-state index contributed by atoms with van der Waals surface area (Å²) in [6.07, 6.45) is -2.86. The molecule has 0 fully saturated rings. The van der Waals surface area contributed by atoms with Crippen molar-refractivity contribution in [2.45, 2.75) is 12.2 Å². The summed E-state index contributed by atoms with van der Waals surface area (Å²) in [5.74, 6) is -1.45. The van der Waals surface area contributed by atoms with Gasteiger partial charge in [0.25, 0.3) is 5.69 Å². The Bertz CT molecular complexity index is 477. The number of nitro groups is 1. The first-order valence-corrected chi connectivity index (χ1v) is 5.50. The van der Waals surface area contributed by atoms with Gasteiger partial charge in [-0.3, -0.25) is 10.1 Å². The molecule has 7 nitrogen and oxygen atoms in total. The summed E-state index contributed by atoms with van der Waals surface area (Å²) < 4.78 is 0. The van der Waals surface area contributed by atoms with Gasteiger partial charge in [-0.25, -0.2) is 4.79 Å². The van der Waals surface area contributed by atoms with Crippen LogP contribution in [0.1, 0.15) is 22.0 Å². The number of hydrogen-bond donors (Lipinski definition) is 4. The van der Waals surface area contributed by atoms with Crippen LogP contribution >= 0.6 is 12.6 Å². The third-order valence-corrected chi connectivity index (χ3v) is 2.72. The number of hydrogen-bond acceptors (Lipinski definition) is 6. The van der Waals surface area contributed by atoms with E-state index < -0.39 is 23.1 Å². The zero-order valence-corrected chi connectivity index (χ0v) is 9.95. The quantitative estimate of drug-likeness (QED) is 0.354. The third kappa shape index (κ3) is 2.97. The molecule has 18 heavy (non-hydrogen) atoms. The molecule has 0 radical (unpaired) electrons. The Kier molecular flexibility index (Phi) is 4.65. The largest absolute Gasteiger partial charge is 0.478 e. The van der Waals surface area contributed by atoms with E-state index in [0.29, 0.717) is 0 Å². The second-order valence-electron chi connectivity index (χ2n) is 3.53. The molecule has 98 valence electrons. The number of benzene rings is 1. The van der Waals surface area contributed by atoms with Crippen molar-refractivity contribution in [3.8, 4) is 0 Å². The van der Waals surface area contributed by atoms with Gasteiger partial charge in [0.1, 0.15) is 6.10 Å². The molecule has 0 heterocycles. The standard InChI is InChI=1S/C10H11NO6S/c12-8(4-18)9(13)7-3-5(11(16)17)1-2-6(7)10(14)15/h1-3,8-9,12-13,18H,4H2,(H,14,15). The molecule has 2 unspecified atom stereocenters. The minimum absolute atomic E-state index is 0.108. The Hall–Kier alpha value is -1.64. The van der Waals surface area contributed by atoms with Crippen LogP contribution in [0.3, 0.4) is 0 Å². The number of thiol groups is 1. The number of carboxylic acids is 1. The molecule has 1 aromatic rings. The van der Waals surface area contributed by atoms with Crippen molar-refractivity contribution in [3.05, 3.63) is 39.4 Å². The van der Waals surface area contributed by atoms with Crippen LogP contribution < -0.4 is 0 Å². The summed E-state index contributed by atoms with van der Waals surface area (Å²) in [6, 6.07) is 2.97. The van der Waals surface area contributed by atoms with Crippen molar-refractivity contribution in [2.75, 3.05) is 5.75 Å². The normalized spacial score (nSPS) is 13.9. The molecule has 0 saturated heterocycles. The topological polar surface area (TPSA) is 121 Å². The molecule has 1 aromatic carbocycles. The van der Waals surface area contributed by atoms with E-state index in [4.69, 9.17) is 5.11 Å². The summed E-state index contributed by atoms with van der Waals surface area (Å²) in [7, 11) is 0. The van der Waals surface area contributed by atoms with E-state index in [-0.39, 0.29) is 22.6 Å². The smallest absolute Gasteiger partial charge is 0.336 e. The number of aliphatic hydroxyl groups excluding tert-OH is 2. The second-order valence-corrected chi connectivity index (χ2v) is 3.89. The van der Waals surface area contributed by atoms with E-state index in [1.165, 1.54) is 0 Å². The third-order valence-electron chi connectivity index (χ3n) is 2.35. The maximum atomic E-state index is 10.9. The fourth-order valence-electron chi connectivity index (χ4n) is 1.41. The van der Waals surface area contributed by atoms with Crippen LogP contribution in [0.4, 0.5) is 5.69 Å². The van der Waals surface area contributed by atoms with Crippen LogP contribution in [0.25, 0.3) is 0 Å². The van der Waals surface area contributed by atoms with Gasteiger partial charge in [0, 0.05) is 23.4 Å². The first-order valence-electron chi connectivity index (χ1n) is 4.87. The highest BCUT2D eigenvalue weighted by Crippen LogP contribution is 2.26. The highest BCUT2D eigenvalue weighted by atomic mass is 32.1. The molecule has 0 bridgehead atoms. The number of aliphatic hydroxyl groups is 2. The average molecular weight is 273 g/mol. The molecule has 0 aromatic heterocycles. The SMILES string of the molecule is O=C(O)c1ccc([N+](=O)[O-])cc1C(O)C(O)CS. The van der Waals surface area contributed by atoms with Gasteiger partial charge >= 0.3 is 5.97 Å². The van der Waals surface area contributed by atoms with Gasteiger partial charge in [-0.2, -0.15) is 12.6 Å². The van der Waals surface area contributed by atoms with Crippen LogP contribution in [0.5, 0.6) is 0 Å². The van der Waals surface area contributed by atoms with E-state index in [1.54, 1.807) is 0 Å². The molecule has 0 aliphatic carbocycles. The molecule has 3 N–H and O–H groups in total. The summed E-state index contributed by atoms with van der Waals surface area (Å²) in [6.45, 7) is 0. The molecule has 8 heteroatoms. The summed E-state index contributed by atoms with van der Waals surface area (Å²) in [5, 5.41) is 38.7. The number of carbonyl (C=O) groups is 1. The second kappa shape index (κ2) is 5.80. The van der Waals surface area contributed by atoms with Crippen molar-refractivity contribution in [2.24, 2.45) is 0 Å². The zero-order valence-electron chi connectivity index (χ0n) is 9.05. The molecule has 0 aliphatic heterocycles. The van der Waals surface area contributed by atoms with Crippen LogP contribution in [0.15, 0.2) is 18.2 Å². The minimum Gasteiger partial charge on any atom is -0.478 e. The Morgan fingerprint density at radius 1 is 1.44 bits per heavy atom. The number of aromatic carboxylic acids is 1. The Morgan fingerprint density at radius 3 is 2.50 bits per heavy atom. The van der Waals surface area contributed by atoms with Crippen molar-refractivity contribution >= 4 is 24.3 Å². The molecule has 1 rings (SSSR count).